The number of benzene rings is 2. The van der Waals surface area contributed by atoms with Crippen LogP contribution in [0.5, 0.6) is 0 Å². The van der Waals surface area contributed by atoms with Crippen LogP contribution in [-0.4, -0.2) is 0 Å². The van der Waals surface area contributed by atoms with Gasteiger partial charge in [-0.25, -0.2) is 0 Å². The third-order valence-corrected chi connectivity index (χ3v) is 2.13. The minimum atomic E-state index is 0.721. The molecule has 2 rings (SSSR count). The summed E-state index contributed by atoms with van der Waals surface area (Å²) in [6.07, 6.45) is 0. The molecule has 0 aromatic heterocycles. The molecular weight excluding hydrogens is 170 g/mol. The summed E-state index contributed by atoms with van der Waals surface area (Å²) >= 11 is 0. The Morgan fingerprint density at radius 2 is 1.43 bits per heavy atom. The van der Waals surface area contributed by atoms with Gasteiger partial charge in [0.2, 0.25) is 0 Å². The number of rotatable bonds is 1. The molecule has 1 nitrogen and oxygen atoms in total. The highest BCUT2D eigenvalue weighted by Gasteiger charge is 2.01. The molecule has 0 saturated heterocycles. The Balaban J connectivity index is 2.58. The molecule has 0 amide bonds. The average Bonchev–Trinajstić information content (AvgIpc) is 2.30. The fourth-order valence-electron chi connectivity index (χ4n) is 1.45. The van der Waals surface area contributed by atoms with E-state index in [2.05, 4.69) is 6.07 Å². The van der Waals surface area contributed by atoms with Gasteiger partial charge in [-0.1, -0.05) is 48.5 Å². The third-order valence-electron chi connectivity index (χ3n) is 2.13. The summed E-state index contributed by atoms with van der Waals surface area (Å²) in [5, 5.41) is 8.93. The van der Waals surface area contributed by atoms with E-state index < -0.39 is 0 Å². The molecule has 0 radical (unpaired) electrons. The van der Waals surface area contributed by atoms with E-state index in [4.69, 9.17) is 5.26 Å². The first-order chi connectivity index (χ1) is 6.92. The van der Waals surface area contributed by atoms with Gasteiger partial charge in [0.1, 0.15) is 0 Å². The Morgan fingerprint density at radius 3 is 2.14 bits per heavy atom. The first kappa shape index (κ1) is 8.52. The quantitative estimate of drug-likeness (QED) is 0.659. The Kier molecular flexibility index (Phi) is 2.29. The smallest absolute Gasteiger partial charge is 0.0998 e. The molecular formula is C13H9N. The van der Waals surface area contributed by atoms with Crippen molar-refractivity contribution in [1.82, 2.24) is 0 Å². The van der Waals surface area contributed by atoms with E-state index in [9.17, 15) is 0 Å². The molecule has 0 unspecified atom stereocenters. The highest BCUT2D eigenvalue weighted by Crippen LogP contribution is 2.22. The summed E-state index contributed by atoms with van der Waals surface area (Å²) in [6.45, 7) is 0. The van der Waals surface area contributed by atoms with Crippen molar-refractivity contribution in [2.45, 2.75) is 0 Å². The molecule has 0 aliphatic heterocycles. The lowest BCUT2D eigenvalue weighted by Gasteiger charge is -2.02. The highest BCUT2D eigenvalue weighted by molar-refractivity contribution is 5.70. The predicted octanol–water partition coefficient (Wildman–Crippen LogP) is 3.23. The zero-order chi connectivity index (χ0) is 9.80. The van der Waals surface area contributed by atoms with Crippen molar-refractivity contribution in [3.63, 3.8) is 0 Å². The number of hydrogen-bond acceptors (Lipinski definition) is 1. The van der Waals surface area contributed by atoms with Gasteiger partial charge in [0.25, 0.3) is 0 Å². The lowest BCUT2D eigenvalue weighted by atomic mass is 10.0. The molecule has 0 atom stereocenters. The standard InChI is InChI=1S/C13H9N/c14-10-12-8-4-5-9-13(12)11-6-2-1-3-7-11/h1-9H. The van der Waals surface area contributed by atoms with Gasteiger partial charge >= 0.3 is 0 Å². The molecule has 2 aromatic rings. The maximum absolute atomic E-state index is 8.93. The van der Waals surface area contributed by atoms with Crippen LogP contribution in [0, 0.1) is 11.3 Å². The number of hydrogen-bond donors (Lipinski definition) is 0. The van der Waals surface area contributed by atoms with Gasteiger partial charge < -0.3 is 0 Å². The fraction of sp³-hybridized carbons (Fsp3) is 0. The van der Waals surface area contributed by atoms with Crippen LogP contribution in [0.4, 0.5) is 0 Å². The maximum Gasteiger partial charge on any atom is 0.0998 e. The van der Waals surface area contributed by atoms with Gasteiger partial charge in [-0.15, -0.1) is 0 Å². The zero-order valence-electron chi connectivity index (χ0n) is 7.64. The Hall–Kier alpha value is -2.07. The van der Waals surface area contributed by atoms with E-state index in [0.29, 0.717) is 0 Å². The van der Waals surface area contributed by atoms with Crippen LogP contribution >= 0.6 is 0 Å². The zero-order valence-corrected chi connectivity index (χ0v) is 7.64. The van der Waals surface area contributed by atoms with Gasteiger partial charge in [-0.3, -0.25) is 0 Å². The SMILES string of the molecule is N#Cc1ccccc1-c1ccccc1. The summed E-state index contributed by atoms with van der Waals surface area (Å²) in [5.41, 5.74) is 2.80. The van der Waals surface area contributed by atoms with E-state index >= 15 is 0 Å². The third kappa shape index (κ3) is 1.51. The molecule has 1 heteroatoms. The second-order valence-electron chi connectivity index (χ2n) is 3.02. The minimum Gasteiger partial charge on any atom is -0.192 e. The van der Waals surface area contributed by atoms with Gasteiger partial charge in [0, 0.05) is 0 Å². The molecule has 66 valence electrons. The molecule has 0 saturated carbocycles. The Bertz CT molecular complexity index is 466. The molecule has 0 heterocycles. The molecule has 0 aliphatic rings. The van der Waals surface area contributed by atoms with E-state index in [1.54, 1.807) is 0 Å². The molecule has 0 fully saturated rings. The first-order valence-electron chi connectivity index (χ1n) is 4.46. The van der Waals surface area contributed by atoms with E-state index in [1.165, 1.54) is 0 Å². The fourth-order valence-corrected chi connectivity index (χ4v) is 1.45. The van der Waals surface area contributed by atoms with Gasteiger partial charge in [-0.2, -0.15) is 5.26 Å². The van der Waals surface area contributed by atoms with Crippen molar-refractivity contribution in [1.29, 1.82) is 5.26 Å². The summed E-state index contributed by atoms with van der Waals surface area (Å²) in [5.74, 6) is 0. The van der Waals surface area contributed by atoms with Crippen LogP contribution in [0.3, 0.4) is 0 Å². The second-order valence-corrected chi connectivity index (χ2v) is 3.02. The molecule has 0 spiro atoms. The molecule has 14 heavy (non-hydrogen) atoms. The number of nitriles is 1. The summed E-state index contributed by atoms with van der Waals surface area (Å²) in [6, 6.07) is 19.8. The summed E-state index contributed by atoms with van der Waals surface area (Å²) in [7, 11) is 0. The van der Waals surface area contributed by atoms with Crippen molar-refractivity contribution >= 4 is 0 Å². The topological polar surface area (TPSA) is 23.8 Å². The van der Waals surface area contributed by atoms with Crippen molar-refractivity contribution in [3.8, 4) is 17.2 Å². The van der Waals surface area contributed by atoms with E-state index in [-0.39, 0.29) is 0 Å². The van der Waals surface area contributed by atoms with Crippen LogP contribution < -0.4 is 0 Å². The molecule has 0 aliphatic carbocycles. The van der Waals surface area contributed by atoms with Crippen LogP contribution in [0.25, 0.3) is 11.1 Å². The minimum absolute atomic E-state index is 0.721. The van der Waals surface area contributed by atoms with E-state index in [1.807, 2.05) is 54.6 Å². The average molecular weight is 179 g/mol. The summed E-state index contributed by atoms with van der Waals surface area (Å²) < 4.78 is 0. The van der Waals surface area contributed by atoms with Crippen LogP contribution in [0.15, 0.2) is 54.6 Å². The maximum atomic E-state index is 8.93. The van der Waals surface area contributed by atoms with Crippen molar-refractivity contribution < 1.29 is 0 Å². The lowest BCUT2D eigenvalue weighted by molar-refractivity contribution is 1.48. The van der Waals surface area contributed by atoms with E-state index in [0.717, 1.165) is 16.7 Å². The lowest BCUT2D eigenvalue weighted by Crippen LogP contribution is -1.82. The van der Waals surface area contributed by atoms with Crippen molar-refractivity contribution in [3.05, 3.63) is 60.2 Å². The van der Waals surface area contributed by atoms with Crippen molar-refractivity contribution in [2.75, 3.05) is 0 Å². The summed E-state index contributed by atoms with van der Waals surface area (Å²) in [4.78, 5) is 0. The van der Waals surface area contributed by atoms with Crippen LogP contribution in [0.1, 0.15) is 5.56 Å². The Morgan fingerprint density at radius 1 is 0.786 bits per heavy atom. The first-order valence-corrected chi connectivity index (χ1v) is 4.46. The molecule has 0 bridgehead atoms. The largest absolute Gasteiger partial charge is 0.192 e. The van der Waals surface area contributed by atoms with Crippen LogP contribution in [0.2, 0.25) is 0 Å². The monoisotopic (exact) mass is 179 g/mol. The predicted molar refractivity (Wildman–Crippen MR) is 56.6 cm³/mol. The molecule has 0 N–H and O–H groups in total. The second kappa shape index (κ2) is 3.76. The van der Waals surface area contributed by atoms with Crippen LogP contribution in [-0.2, 0) is 0 Å². The Labute approximate surface area is 83.2 Å². The number of nitrogens with zero attached hydrogens (tertiary/aromatic N) is 1. The van der Waals surface area contributed by atoms with Gasteiger partial charge in [0.15, 0.2) is 0 Å². The van der Waals surface area contributed by atoms with Gasteiger partial charge in [-0.05, 0) is 17.2 Å². The molecule has 2 aromatic carbocycles. The van der Waals surface area contributed by atoms with Gasteiger partial charge in [0.05, 0.1) is 11.6 Å². The van der Waals surface area contributed by atoms with Crippen molar-refractivity contribution in [2.24, 2.45) is 0 Å². The normalized spacial score (nSPS) is 9.36. The highest BCUT2D eigenvalue weighted by atomic mass is 14.2.